The van der Waals surface area contributed by atoms with Crippen molar-refractivity contribution in [3.8, 4) is 39.4 Å². The fourth-order valence-corrected chi connectivity index (χ4v) is 9.84. The van der Waals surface area contributed by atoms with Crippen LogP contribution in [0.15, 0.2) is 66.9 Å². The molecule has 0 bridgehead atoms. The van der Waals surface area contributed by atoms with Gasteiger partial charge in [0.2, 0.25) is 5.91 Å². The van der Waals surface area contributed by atoms with Gasteiger partial charge in [0.25, 0.3) is 5.91 Å². The number of methoxy groups -OCH3 is 3. The predicted molar refractivity (Wildman–Crippen MR) is 236 cm³/mol. The van der Waals surface area contributed by atoms with E-state index >= 15 is 0 Å². The van der Waals surface area contributed by atoms with Crippen molar-refractivity contribution in [2.45, 2.75) is 76.7 Å². The minimum absolute atomic E-state index is 0.0772. The van der Waals surface area contributed by atoms with Crippen molar-refractivity contribution in [1.29, 1.82) is 0 Å². The topological polar surface area (TPSA) is 193 Å². The fourth-order valence-electron chi connectivity index (χ4n) is 9.84. The second kappa shape index (κ2) is 17.8. The summed E-state index contributed by atoms with van der Waals surface area (Å²) in [5, 5.41) is 5.47. The van der Waals surface area contributed by atoms with Gasteiger partial charge in [-0.25, -0.2) is 19.6 Å². The van der Waals surface area contributed by atoms with Gasteiger partial charge < -0.3 is 49.3 Å². The normalized spacial score (nSPS) is 19.4. The SMILES string of the molecule is COC[C@H]1C[C@@H](c2nc3c([nH]2)CCc2cc4c(cc2-3)OCc2cc(-c3cnc([C@@H]5CCCN5C(=O)[C@@H](NC(=O)OC)C(C)C)[nH]3)ccc2-4)N(C(=O)[C@H](NC(=O)OC)c2ccccc2)C1. The maximum atomic E-state index is 14.4. The molecule has 2 fully saturated rings. The number of benzene rings is 3. The van der Waals surface area contributed by atoms with Crippen LogP contribution < -0.4 is 15.4 Å². The molecule has 4 aliphatic rings. The number of nitrogens with zero attached hydrogens (tertiary/aromatic N) is 4. The van der Waals surface area contributed by atoms with Gasteiger partial charge in [-0.05, 0) is 84.0 Å². The van der Waals surface area contributed by atoms with Crippen molar-refractivity contribution < 1.29 is 38.1 Å². The Morgan fingerprint density at radius 3 is 2.41 bits per heavy atom. The number of H-pyrrole nitrogens is 2. The Morgan fingerprint density at radius 2 is 1.64 bits per heavy atom. The molecule has 0 unspecified atom stereocenters. The van der Waals surface area contributed by atoms with E-state index in [-0.39, 0.29) is 35.7 Å². The van der Waals surface area contributed by atoms with Gasteiger partial charge in [-0.3, -0.25) is 9.59 Å². The summed E-state index contributed by atoms with van der Waals surface area (Å²) in [6.45, 7) is 5.70. The second-order valence-corrected chi connectivity index (χ2v) is 17.4. The first-order valence-electron chi connectivity index (χ1n) is 22.0. The van der Waals surface area contributed by atoms with E-state index in [9.17, 15) is 19.2 Å². The first-order valence-corrected chi connectivity index (χ1v) is 22.0. The first-order chi connectivity index (χ1) is 31.0. The van der Waals surface area contributed by atoms with E-state index < -0.39 is 24.3 Å². The molecule has 2 aromatic heterocycles. The second-order valence-electron chi connectivity index (χ2n) is 17.4. The number of amides is 4. The van der Waals surface area contributed by atoms with Crippen molar-refractivity contribution in [3.63, 3.8) is 0 Å². The van der Waals surface area contributed by atoms with E-state index in [2.05, 4.69) is 50.9 Å². The lowest BCUT2D eigenvalue weighted by atomic mass is 9.86. The summed E-state index contributed by atoms with van der Waals surface area (Å²) >= 11 is 0. The predicted octanol–water partition coefficient (Wildman–Crippen LogP) is 6.80. The van der Waals surface area contributed by atoms with Crippen LogP contribution in [0.4, 0.5) is 9.59 Å². The summed E-state index contributed by atoms with van der Waals surface area (Å²) in [6, 6.07) is 17.6. The van der Waals surface area contributed by atoms with Gasteiger partial charge >= 0.3 is 12.2 Å². The van der Waals surface area contributed by atoms with Gasteiger partial charge in [-0.2, -0.15) is 0 Å². The molecule has 2 saturated heterocycles. The zero-order chi connectivity index (χ0) is 44.6. The Morgan fingerprint density at radius 1 is 0.844 bits per heavy atom. The number of carbonyl (C=O) groups excluding carboxylic acids is 4. The maximum Gasteiger partial charge on any atom is 0.407 e. The number of nitrogens with one attached hydrogen (secondary N) is 4. The number of alkyl carbamates (subject to hydrolysis) is 2. The Bertz CT molecular complexity index is 2570. The summed E-state index contributed by atoms with van der Waals surface area (Å²) in [4.78, 5) is 73.3. The van der Waals surface area contributed by atoms with Crippen LogP contribution in [0.5, 0.6) is 5.75 Å². The van der Waals surface area contributed by atoms with E-state index in [1.807, 2.05) is 60.2 Å². The Kier molecular flexibility index (Phi) is 11.9. The molecule has 334 valence electrons. The molecule has 16 nitrogen and oxygen atoms in total. The van der Waals surface area contributed by atoms with Gasteiger partial charge in [-0.1, -0.05) is 56.3 Å². The molecule has 9 rings (SSSR count). The largest absolute Gasteiger partial charge is 0.488 e. The molecule has 0 saturated carbocycles. The van der Waals surface area contributed by atoms with Crippen molar-refractivity contribution >= 4 is 24.0 Å². The van der Waals surface area contributed by atoms with E-state index in [0.29, 0.717) is 49.9 Å². The summed E-state index contributed by atoms with van der Waals surface area (Å²) in [6.07, 6.45) is 4.30. The van der Waals surface area contributed by atoms with Gasteiger partial charge in [0.1, 0.15) is 36.1 Å². The highest BCUT2D eigenvalue weighted by Crippen LogP contribution is 2.46. The van der Waals surface area contributed by atoms with Gasteiger partial charge in [0.05, 0.1) is 50.5 Å². The molecule has 0 spiro atoms. The number of carbonyl (C=O) groups is 4. The highest BCUT2D eigenvalue weighted by atomic mass is 16.5. The zero-order valence-electron chi connectivity index (χ0n) is 36.7. The van der Waals surface area contributed by atoms with Crippen LogP contribution in [-0.4, -0.2) is 101 Å². The third-order valence-electron chi connectivity index (χ3n) is 13.0. The minimum Gasteiger partial charge on any atom is -0.488 e. The minimum atomic E-state index is -0.940. The van der Waals surface area contributed by atoms with E-state index in [4.69, 9.17) is 28.9 Å². The number of fused-ring (bicyclic) bond motifs is 6. The number of imidazole rings is 2. The average Bonchev–Trinajstić information content (AvgIpc) is 4.15. The summed E-state index contributed by atoms with van der Waals surface area (Å²) in [5.41, 5.74) is 9.69. The number of likely N-dealkylation sites (tertiary alicyclic amines) is 2. The third-order valence-corrected chi connectivity index (χ3v) is 13.0. The Labute approximate surface area is 371 Å². The van der Waals surface area contributed by atoms with Crippen molar-refractivity contribution in [3.05, 3.63) is 101 Å². The lowest BCUT2D eigenvalue weighted by molar-refractivity contribution is -0.136. The maximum absolute atomic E-state index is 14.4. The van der Waals surface area contributed by atoms with Crippen molar-refractivity contribution in [2.24, 2.45) is 11.8 Å². The quantitative estimate of drug-likeness (QED) is 0.110. The van der Waals surface area contributed by atoms with E-state index in [1.165, 1.54) is 19.8 Å². The average molecular weight is 871 g/mol. The Balaban J connectivity index is 0.955. The van der Waals surface area contributed by atoms with Crippen LogP contribution in [0.3, 0.4) is 0 Å². The zero-order valence-corrected chi connectivity index (χ0v) is 36.7. The van der Waals surface area contributed by atoms with Crippen LogP contribution in [0.25, 0.3) is 33.6 Å². The lowest BCUT2D eigenvalue weighted by Gasteiger charge is -2.30. The van der Waals surface area contributed by atoms with Crippen molar-refractivity contribution in [2.75, 3.05) is 41.0 Å². The van der Waals surface area contributed by atoms with Gasteiger partial charge in [0.15, 0.2) is 0 Å². The molecule has 4 amide bonds. The fraction of sp³-hybridized carbons (Fsp3) is 0.417. The summed E-state index contributed by atoms with van der Waals surface area (Å²) < 4.78 is 21.7. The van der Waals surface area contributed by atoms with E-state index in [1.54, 1.807) is 7.11 Å². The highest BCUT2D eigenvalue weighted by molar-refractivity contribution is 5.88. The molecule has 5 aromatic rings. The highest BCUT2D eigenvalue weighted by Gasteiger charge is 2.42. The number of hydrogen-bond donors (Lipinski definition) is 4. The standard InChI is InChI=1S/C48H54N8O8/c1-26(2)40(53-47(59)62-4)45(57)55-17-9-12-37(55)43-49-22-36(51-43)30-13-15-32-31(19-30)25-64-39-21-33-29(20-34(32)39)14-16-35-42(33)52-44(50-35)38-18-27(24-61-3)23-56(38)46(58)41(54-48(60)63-5)28-10-7-6-8-11-28/h6-8,10-11,13,15,19-22,26-27,37-38,40-41H,9,12,14,16-18,23-25H2,1-5H3,(H,49,51)(H,50,52)(H,53,59)(H,54,60)/t27-,37-,38-,40-,41+/m0/s1. The molecule has 64 heavy (non-hydrogen) atoms. The molecule has 4 N–H and O–H groups in total. The smallest absolute Gasteiger partial charge is 0.407 e. The summed E-state index contributed by atoms with van der Waals surface area (Å²) in [7, 11) is 4.24. The molecule has 3 aromatic carbocycles. The summed E-state index contributed by atoms with van der Waals surface area (Å²) in [5.74, 6) is 1.76. The van der Waals surface area contributed by atoms with E-state index in [0.717, 1.165) is 76.3 Å². The van der Waals surface area contributed by atoms with Crippen LogP contribution in [0.2, 0.25) is 0 Å². The molecule has 0 radical (unpaired) electrons. The van der Waals surface area contributed by atoms with Crippen molar-refractivity contribution in [1.82, 2.24) is 40.4 Å². The van der Waals surface area contributed by atoms with Crippen LogP contribution >= 0.6 is 0 Å². The molecule has 1 aliphatic carbocycles. The monoisotopic (exact) mass is 870 g/mol. The van der Waals surface area contributed by atoms with Crippen LogP contribution in [0, 0.1) is 11.8 Å². The molecular formula is C48H54N8O8. The molecule has 5 atom stereocenters. The molecule has 3 aliphatic heterocycles. The number of hydrogen-bond acceptors (Lipinski definition) is 10. The lowest BCUT2D eigenvalue weighted by Crippen LogP contribution is -2.51. The molecule has 5 heterocycles. The number of ether oxygens (including phenoxy) is 4. The number of aromatic amines is 2. The number of aryl methyl sites for hydroxylation is 2. The van der Waals surface area contributed by atoms with Gasteiger partial charge in [-0.15, -0.1) is 0 Å². The Hall–Kier alpha value is -6.68. The van der Waals surface area contributed by atoms with Gasteiger partial charge in [0, 0.05) is 42.9 Å². The first kappa shape index (κ1) is 42.6. The van der Waals surface area contributed by atoms with Crippen LogP contribution in [0.1, 0.15) is 85.3 Å². The molecular weight excluding hydrogens is 817 g/mol. The molecule has 16 heteroatoms. The number of rotatable bonds is 11. The third kappa shape index (κ3) is 8.06. The van der Waals surface area contributed by atoms with Crippen LogP contribution in [-0.2, 0) is 43.2 Å². The number of aromatic nitrogens is 4.